The van der Waals surface area contributed by atoms with Crippen molar-refractivity contribution in [3.8, 4) is 5.75 Å². The first-order valence-corrected chi connectivity index (χ1v) is 10.5. The molecule has 2 aliphatic heterocycles. The number of rotatable bonds is 3. The number of pyridine rings is 1. The molecule has 5 rings (SSSR count). The van der Waals surface area contributed by atoms with Gasteiger partial charge in [0.05, 0.1) is 12.6 Å². The van der Waals surface area contributed by atoms with E-state index in [0.29, 0.717) is 18.6 Å². The lowest BCUT2D eigenvalue weighted by molar-refractivity contribution is -0.133. The Balaban J connectivity index is 1.44. The van der Waals surface area contributed by atoms with Gasteiger partial charge in [0, 0.05) is 36.5 Å². The Hall–Kier alpha value is -3.34. The third kappa shape index (κ3) is 3.38. The molecule has 8 nitrogen and oxygen atoms in total. The molecule has 33 heavy (non-hydrogen) atoms. The molecule has 3 heterocycles. The zero-order chi connectivity index (χ0) is 23.6. The molecule has 1 aromatic carbocycles. The zero-order valence-electron chi connectivity index (χ0n) is 17.5. The lowest BCUT2D eigenvalue weighted by Gasteiger charge is -2.45. The summed E-state index contributed by atoms with van der Waals surface area (Å²) in [6.07, 6.45) is 2.03. The maximum Gasteiger partial charge on any atom is 0.276 e. The molecule has 1 aromatic heterocycles. The maximum atomic E-state index is 13.8. The van der Waals surface area contributed by atoms with Gasteiger partial charge < -0.3 is 24.6 Å². The van der Waals surface area contributed by atoms with E-state index < -0.39 is 64.3 Å². The summed E-state index contributed by atoms with van der Waals surface area (Å²) in [7, 11) is 0. The van der Waals surface area contributed by atoms with Crippen molar-refractivity contribution in [2.45, 2.75) is 51.2 Å². The Morgan fingerprint density at radius 3 is 2.61 bits per heavy atom. The molecule has 1 unspecified atom stereocenters. The second kappa shape index (κ2) is 7.62. The average Bonchev–Trinajstić information content (AvgIpc) is 3.03. The molecule has 174 valence electrons. The number of hydrogen-bond donors (Lipinski definition) is 2. The van der Waals surface area contributed by atoms with E-state index >= 15 is 0 Å². The van der Waals surface area contributed by atoms with Crippen LogP contribution in [0.5, 0.6) is 5.75 Å². The molecule has 11 heteroatoms. The number of amides is 2. The first-order valence-electron chi connectivity index (χ1n) is 10.5. The molecular weight excluding hydrogens is 443 g/mol. The summed E-state index contributed by atoms with van der Waals surface area (Å²) in [4.78, 5) is 40.0. The van der Waals surface area contributed by atoms with E-state index in [0.717, 1.165) is 12.6 Å². The minimum atomic E-state index is -1.19. The average molecular weight is 463 g/mol. The Bertz CT molecular complexity index is 1220. The molecular formula is C22H20F3N3O5. The van der Waals surface area contributed by atoms with Crippen LogP contribution in [0, 0.1) is 23.4 Å². The Morgan fingerprint density at radius 1 is 1.21 bits per heavy atom. The van der Waals surface area contributed by atoms with Crippen LogP contribution < -0.4 is 10.7 Å². The summed E-state index contributed by atoms with van der Waals surface area (Å²) in [5.74, 6) is -5.73. The van der Waals surface area contributed by atoms with E-state index in [1.807, 2.05) is 6.92 Å². The van der Waals surface area contributed by atoms with Crippen LogP contribution in [0.2, 0.25) is 0 Å². The summed E-state index contributed by atoms with van der Waals surface area (Å²) in [5.41, 5.74) is -2.41. The van der Waals surface area contributed by atoms with Gasteiger partial charge in [-0.05, 0) is 18.8 Å². The summed E-state index contributed by atoms with van der Waals surface area (Å²) in [6, 6.07) is 0.882. The van der Waals surface area contributed by atoms with Crippen LogP contribution in [0.4, 0.5) is 13.2 Å². The molecule has 0 spiro atoms. The van der Waals surface area contributed by atoms with Gasteiger partial charge in [-0.3, -0.25) is 14.4 Å². The van der Waals surface area contributed by atoms with E-state index in [2.05, 4.69) is 5.32 Å². The first kappa shape index (κ1) is 21.5. The van der Waals surface area contributed by atoms with Crippen LogP contribution in [0.15, 0.2) is 23.1 Å². The van der Waals surface area contributed by atoms with Crippen LogP contribution in [0.3, 0.4) is 0 Å². The number of aromatic hydroxyl groups is 1. The van der Waals surface area contributed by atoms with Gasteiger partial charge in [0.2, 0.25) is 5.43 Å². The molecule has 1 saturated carbocycles. The maximum absolute atomic E-state index is 13.8. The van der Waals surface area contributed by atoms with Gasteiger partial charge in [-0.25, -0.2) is 13.2 Å². The van der Waals surface area contributed by atoms with Crippen molar-refractivity contribution >= 4 is 11.8 Å². The predicted octanol–water partition coefficient (Wildman–Crippen LogP) is 1.88. The quantitative estimate of drug-likeness (QED) is 0.724. The topological polar surface area (TPSA) is 101 Å². The third-order valence-corrected chi connectivity index (χ3v) is 6.64. The van der Waals surface area contributed by atoms with Crippen molar-refractivity contribution in [3.05, 3.63) is 62.8 Å². The van der Waals surface area contributed by atoms with E-state index in [1.165, 1.54) is 4.57 Å². The fourth-order valence-electron chi connectivity index (χ4n) is 5.06. The minimum Gasteiger partial charge on any atom is -0.503 e. The largest absolute Gasteiger partial charge is 0.503 e. The van der Waals surface area contributed by atoms with E-state index in [1.54, 1.807) is 4.90 Å². The van der Waals surface area contributed by atoms with Gasteiger partial charge in [0.25, 0.3) is 11.8 Å². The number of hydrogen-bond acceptors (Lipinski definition) is 5. The van der Waals surface area contributed by atoms with Crippen molar-refractivity contribution in [2.24, 2.45) is 5.92 Å². The summed E-state index contributed by atoms with van der Waals surface area (Å²) in [5, 5.41) is 12.7. The number of benzene rings is 1. The second-order valence-corrected chi connectivity index (χ2v) is 8.69. The molecule has 1 aliphatic carbocycles. The number of fused-ring (bicyclic) bond motifs is 5. The van der Waals surface area contributed by atoms with Crippen molar-refractivity contribution in [1.29, 1.82) is 0 Å². The molecule has 2 fully saturated rings. The fraction of sp³-hybridized carbons (Fsp3) is 0.409. The Morgan fingerprint density at radius 2 is 1.91 bits per heavy atom. The highest BCUT2D eigenvalue weighted by Gasteiger charge is 2.50. The van der Waals surface area contributed by atoms with Gasteiger partial charge in [-0.15, -0.1) is 0 Å². The summed E-state index contributed by atoms with van der Waals surface area (Å²) in [6.45, 7) is 1.47. The van der Waals surface area contributed by atoms with Crippen molar-refractivity contribution in [3.63, 3.8) is 0 Å². The Labute approximate surface area is 185 Å². The third-order valence-electron chi connectivity index (χ3n) is 6.64. The van der Waals surface area contributed by atoms with Gasteiger partial charge in [0.1, 0.15) is 23.0 Å². The fourth-order valence-corrected chi connectivity index (χ4v) is 5.06. The number of carbonyl (C=O) groups is 2. The van der Waals surface area contributed by atoms with Crippen molar-refractivity contribution < 1.29 is 32.6 Å². The summed E-state index contributed by atoms with van der Waals surface area (Å²) >= 11 is 0. The number of carbonyl (C=O) groups excluding carboxylic acids is 2. The monoisotopic (exact) mass is 463 g/mol. The summed E-state index contributed by atoms with van der Waals surface area (Å²) < 4.78 is 48.0. The lowest BCUT2D eigenvalue weighted by atomic mass is 10.0. The van der Waals surface area contributed by atoms with Gasteiger partial charge in [0.15, 0.2) is 17.7 Å². The molecule has 2 bridgehead atoms. The van der Waals surface area contributed by atoms with Gasteiger partial charge >= 0.3 is 0 Å². The normalized spacial score (nSPS) is 25.6. The van der Waals surface area contributed by atoms with Gasteiger partial charge in [-0.1, -0.05) is 6.92 Å². The van der Waals surface area contributed by atoms with Crippen LogP contribution in [0.25, 0.3) is 0 Å². The smallest absolute Gasteiger partial charge is 0.276 e. The number of halogens is 3. The Kier molecular flexibility index (Phi) is 4.96. The molecule has 3 aliphatic rings. The molecule has 2 N–H and O–H groups in total. The molecule has 2 amide bonds. The second-order valence-electron chi connectivity index (χ2n) is 8.69. The molecule has 2 aromatic rings. The van der Waals surface area contributed by atoms with Crippen LogP contribution >= 0.6 is 0 Å². The number of ether oxygens (including phenoxy) is 1. The molecule has 0 radical (unpaired) electrons. The predicted molar refractivity (Wildman–Crippen MR) is 107 cm³/mol. The highest BCUT2D eigenvalue weighted by atomic mass is 19.1. The van der Waals surface area contributed by atoms with Crippen molar-refractivity contribution in [2.75, 3.05) is 0 Å². The van der Waals surface area contributed by atoms with Crippen LogP contribution in [0.1, 0.15) is 46.2 Å². The van der Waals surface area contributed by atoms with Crippen LogP contribution in [-0.2, 0) is 17.8 Å². The minimum absolute atomic E-state index is 0.0110. The SMILES string of the molecule is C[C@@H]1C[C@@H]2C[C@H]1N1C(=O)c3c(O)c(=O)c(C(=O)NCc4c(F)cc(F)cc4F)cn3CC1O2. The number of aromatic nitrogens is 1. The zero-order valence-corrected chi connectivity index (χ0v) is 17.5. The van der Waals surface area contributed by atoms with Gasteiger partial charge in [-0.2, -0.15) is 0 Å². The van der Waals surface area contributed by atoms with E-state index in [-0.39, 0.29) is 30.3 Å². The highest BCUT2D eigenvalue weighted by molar-refractivity contribution is 5.99. The van der Waals surface area contributed by atoms with E-state index in [4.69, 9.17) is 4.74 Å². The molecule has 4 atom stereocenters. The highest BCUT2D eigenvalue weighted by Crippen LogP contribution is 2.41. The standard InChI is InChI=1S/C22H20F3N3O5/c1-9-2-11-5-16(9)28-17(33-11)8-27-7-13(19(29)20(30)18(27)22(28)32)21(31)26-6-12-14(24)3-10(23)4-15(12)25/h3-4,7,9,11,16-17,30H,2,5-6,8H2,1H3,(H,26,31)/t9-,11-,16-,17?/m1/s1. The van der Waals surface area contributed by atoms with Crippen molar-refractivity contribution in [1.82, 2.24) is 14.8 Å². The lowest BCUT2D eigenvalue weighted by Crippen LogP contribution is -2.58. The first-order chi connectivity index (χ1) is 15.7. The van der Waals surface area contributed by atoms with E-state index in [9.17, 15) is 32.7 Å². The van der Waals surface area contributed by atoms with Crippen LogP contribution in [-0.4, -0.2) is 44.8 Å². The number of nitrogens with one attached hydrogen (secondary N) is 1. The number of nitrogens with zero attached hydrogens (tertiary/aromatic N) is 2. The molecule has 1 saturated heterocycles.